The number of carbonyl (C=O) groups is 2. The summed E-state index contributed by atoms with van der Waals surface area (Å²) in [6.07, 6.45) is 0.673. The van der Waals surface area contributed by atoms with Crippen LogP contribution in [-0.4, -0.2) is 57.3 Å². The van der Waals surface area contributed by atoms with Gasteiger partial charge in [-0.05, 0) is 30.2 Å². The molecule has 0 aromatic heterocycles. The summed E-state index contributed by atoms with van der Waals surface area (Å²) in [7, 11) is -3.71. The quantitative estimate of drug-likeness (QED) is 0.635. The number of nitrogens with one attached hydrogen (secondary N) is 1. The number of rotatable bonds is 9. The molecule has 0 saturated heterocycles. The molecule has 0 spiro atoms. The van der Waals surface area contributed by atoms with Crippen LogP contribution in [0.5, 0.6) is 5.75 Å². The van der Waals surface area contributed by atoms with Crippen LogP contribution in [0, 0.1) is 0 Å². The van der Waals surface area contributed by atoms with E-state index in [0.717, 1.165) is 5.56 Å². The van der Waals surface area contributed by atoms with Crippen molar-refractivity contribution in [3.8, 4) is 5.75 Å². The van der Waals surface area contributed by atoms with Gasteiger partial charge in [0.15, 0.2) is 6.61 Å². The minimum atomic E-state index is -3.71. The van der Waals surface area contributed by atoms with Crippen molar-refractivity contribution < 1.29 is 22.7 Å². The molecule has 1 heterocycles. The largest absolute Gasteiger partial charge is 0.482 e. The van der Waals surface area contributed by atoms with Gasteiger partial charge in [0.25, 0.3) is 5.91 Å². The Kier molecular flexibility index (Phi) is 7.29. The van der Waals surface area contributed by atoms with E-state index in [9.17, 15) is 18.0 Å². The van der Waals surface area contributed by atoms with E-state index in [1.54, 1.807) is 13.8 Å². The normalized spacial score (nSPS) is 13.6. The van der Waals surface area contributed by atoms with Gasteiger partial charge < -0.3 is 10.1 Å². The summed E-state index contributed by atoms with van der Waals surface area (Å²) < 4.78 is 32.5. The molecule has 0 unspecified atom stereocenters. The second kappa shape index (κ2) is 9.93. The predicted octanol–water partition coefficient (Wildman–Crippen LogP) is 1.80. The van der Waals surface area contributed by atoms with Gasteiger partial charge in [0.1, 0.15) is 12.3 Å². The number of fused-ring (bicyclic) bond motifs is 1. The zero-order valence-corrected chi connectivity index (χ0v) is 18.5. The lowest BCUT2D eigenvalue weighted by molar-refractivity contribution is -0.125. The molecular weight excluding hydrogens is 418 g/mol. The first kappa shape index (κ1) is 22.8. The average Bonchev–Trinajstić information content (AvgIpc) is 2.77. The third-order valence-corrected chi connectivity index (χ3v) is 7.14. The molecule has 0 bridgehead atoms. The highest BCUT2D eigenvalue weighted by Crippen LogP contribution is 2.34. The van der Waals surface area contributed by atoms with Crippen molar-refractivity contribution >= 4 is 27.5 Å². The van der Waals surface area contributed by atoms with Crippen molar-refractivity contribution in [1.82, 2.24) is 9.62 Å². The molecule has 31 heavy (non-hydrogen) atoms. The Bertz CT molecular complexity index is 1040. The fourth-order valence-electron chi connectivity index (χ4n) is 3.42. The van der Waals surface area contributed by atoms with E-state index in [0.29, 0.717) is 31.8 Å². The van der Waals surface area contributed by atoms with Gasteiger partial charge in [-0.15, -0.1) is 0 Å². The molecule has 0 saturated carbocycles. The van der Waals surface area contributed by atoms with Gasteiger partial charge in [-0.25, -0.2) is 8.42 Å². The number of benzene rings is 2. The van der Waals surface area contributed by atoms with Crippen LogP contribution in [0.1, 0.15) is 19.4 Å². The minimum Gasteiger partial charge on any atom is -0.482 e. The lowest BCUT2D eigenvalue weighted by atomic mass is 10.1. The number of sulfonamides is 1. The minimum absolute atomic E-state index is 0.0581. The molecule has 2 aromatic carbocycles. The fraction of sp³-hybridized carbons (Fsp3) is 0.364. The molecule has 8 nitrogen and oxygen atoms in total. The van der Waals surface area contributed by atoms with E-state index in [-0.39, 0.29) is 29.6 Å². The first-order chi connectivity index (χ1) is 14.9. The first-order valence-corrected chi connectivity index (χ1v) is 11.7. The number of ether oxygens (including phenoxy) is 1. The maximum atomic E-state index is 12.9. The maximum Gasteiger partial charge on any atom is 0.265 e. The van der Waals surface area contributed by atoms with E-state index in [1.807, 2.05) is 30.3 Å². The summed E-state index contributed by atoms with van der Waals surface area (Å²) in [4.78, 5) is 26.3. The van der Waals surface area contributed by atoms with Crippen molar-refractivity contribution in [2.45, 2.75) is 25.2 Å². The van der Waals surface area contributed by atoms with Gasteiger partial charge in [-0.1, -0.05) is 44.2 Å². The Morgan fingerprint density at radius 1 is 1.13 bits per heavy atom. The fourth-order valence-corrected chi connectivity index (χ4v) is 4.90. The van der Waals surface area contributed by atoms with Gasteiger partial charge in [0, 0.05) is 19.6 Å². The molecule has 2 aromatic rings. The van der Waals surface area contributed by atoms with Crippen molar-refractivity contribution in [3.05, 3.63) is 54.1 Å². The third kappa shape index (κ3) is 5.23. The van der Waals surface area contributed by atoms with Crippen LogP contribution in [0.15, 0.2) is 53.4 Å². The highest BCUT2D eigenvalue weighted by atomic mass is 32.2. The third-order valence-electron chi connectivity index (χ3n) is 5.10. The molecule has 9 heteroatoms. The Hall–Kier alpha value is -2.91. The molecule has 0 radical (unpaired) electrons. The van der Waals surface area contributed by atoms with E-state index >= 15 is 0 Å². The number of amides is 2. The summed E-state index contributed by atoms with van der Waals surface area (Å²) in [5.41, 5.74) is 1.38. The molecule has 1 aliphatic rings. The lowest BCUT2D eigenvalue weighted by Gasteiger charge is -2.29. The number of hydrogen-bond donors (Lipinski definition) is 1. The van der Waals surface area contributed by atoms with Crippen LogP contribution in [0.4, 0.5) is 5.69 Å². The van der Waals surface area contributed by atoms with Crippen LogP contribution < -0.4 is 15.0 Å². The van der Waals surface area contributed by atoms with Crippen molar-refractivity contribution in [2.75, 3.05) is 37.7 Å². The van der Waals surface area contributed by atoms with Crippen LogP contribution in [0.3, 0.4) is 0 Å². The highest BCUT2D eigenvalue weighted by molar-refractivity contribution is 7.89. The van der Waals surface area contributed by atoms with Gasteiger partial charge >= 0.3 is 0 Å². The van der Waals surface area contributed by atoms with Gasteiger partial charge in [-0.3, -0.25) is 14.5 Å². The van der Waals surface area contributed by atoms with Gasteiger partial charge in [-0.2, -0.15) is 4.31 Å². The molecule has 3 rings (SSSR count). The molecule has 0 aliphatic carbocycles. The Labute approximate surface area is 182 Å². The number of hydrogen-bond acceptors (Lipinski definition) is 5. The van der Waals surface area contributed by atoms with Crippen molar-refractivity contribution in [2.24, 2.45) is 0 Å². The Balaban J connectivity index is 1.75. The molecule has 0 fully saturated rings. The van der Waals surface area contributed by atoms with Crippen LogP contribution in [-0.2, 0) is 26.0 Å². The SMILES string of the molecule is CCN(CC)S(=O)(=O)c1ccc2c(c1)N(CC(=O)NCCc1ccccc1)C(=O)CO2. The van der Waals surface area contributed by atoms with E-state index in [4.69, 9.17) is 4.74 Å². The monoisotopic (exact) mass is 445 g/mol. The number of nitrogens with zero attached hydrogens (tertiary/aromatic N) is 2. The first-order valence-electron chi connectivity index (χ1n) is 10.2. The summed E-state index contributed by atoms with van der Waals surface area (Å²) in [5, 5.41) is 2.81. The molecule has 1 N–H and O–H groups in total. The molecule has 1 aliphatic heterocycles. The zero-order valence-electron chi connectivity index (χ0n) is 17.7. The van der Waals surface area contributed by atoms with Gasteiger partial charge in [0.2, 0.25) is 15.9 Å². The molecule has 166 valence electrons. The predicted molar refractivity (Wildman–Crippen MR) is 118 cm³/mol. The smallest absolute Gasteiger partial charge is 0.265 e. The summed E-state index contributed by atoms with van der Waals surface area (Å²) in [6.45, 7) is 4.21. The molecule has 0 atom stereocenters. The van der Waals surface area contributed by atoms with Gasteiger partial charge in [0.05, 0.1) is 10.6 Å². The second-order valence-electron chi connectivity index (χ2n) is 7.07. The molecule has 2 amide bonds. The Morgan fingerprint density at radius 3 is 2.52 bits per heavy atom. The average molecular weight is 446 g/mol. The maximum absolute atomic E-state index is 12.9. The van der Waals surface area contributed by atoms with Crippen molar-refractivity contribution in [1.29, 1.82) is 0 Å². The second-order valence-corrected chi connectivity index (χ2v) is 9.01. The van der Waals surface area contributed by atoms with Crippen LogP contribution in [0.25, 0.3) is 0 Å². The summed E-state index contributed by atoms with van der Waals surface area (Å²) >= 11 is 0. The number of carbonyl (C=O) groups excluding carboxylic acids is 2. The van der Waals surface area contributed by atoms with E-state index < -0.39 is 15.9 Å². The standard InChI is InChI=1S/C22H27N3O5S/c1-3-24(4-2)31(28,29)18-10-11-20-19(14-18)25(22(27)16-30-20)15-21(26)23-13-12-17-8-6-5-7-9-17/h5-11,14H,3-4,12-13,15-16H2,1-2H3,(H,23,26). The summed E-state index contributed by atoms with van der Waals surface area (Å²) in [6, 6.07) is 14.1. The highest BCUT2D eigenvalue weighted by Gasteiger charge is 2.30. The van der Waals surface area contributed by atoms with E-state index in [1.165, 1.54) is 27.4 Å². The van der Waals surface area contributed by atoms with E-state index in [2.05, 4.69) is 5.32 Å². The number of anilines is 1. The topological polar surface area (TPSA) is 96.0 Å². The van der Waals surface area contributed by atoms with Crippen LogP contribution >= 0.6 is 0 Å². The van der Waals surface area contributed by atoms with Crippen LogP contribution in [0.2, 0.25) is 0 Å². The van der Waals surface area contributed by atoms with Crippen molar-refractivity contribution in [3.63, 3.8) is 0 Å². The zero-order chi connectivity index (χ0) is 22.4. The summed E-state index contributed by atoms with van der Waals surface area (Å²) in [5.74, 6) is -0.354. The molecular formula is C22H27N3O5S. The lowest BCUT2D eigenvalue weighted by Crippen LogP contribution is -2.45. The Morgan fingerprint density at radius 2 is 1.84 bits per heavy atom.